The fourth-order valence-electron chi connectivity index (χ4n) is 3.06. The number of alkyl halides is 3. The van der Waals surface area contributed by atoms with Crippen molar-refractivity contribution in [3.05, 3.63) is 60.9 Å². The lowest BCUT2D eigenvalue weighted by molar-refractivity contribution is -0.138. The number of nitrogens with zero attached hydrogens (tertiary/aromatic N) is 2. The van der Waals surface area contributed by atoms with Crippen molar-refractivity contribution in [3.8, 4) is 0 Å². The van der Waals surface area contributed by atoms with Gasteiger partial charge >= 0.3 is 6.18 Å². The van der Waals surface area contributed by atoms with Crippen molar-refractivity contribution < 1.29 is 13.2 Å². The van der Waals surface area contributed by atoms with E-state index in [-0.39, 0.29) is 11.6 Å². The van der Waals surface area contributed by atoms with Crippen molar-refractivity contribution in [2.45, 2.75) is 33.0 Å². The van der Waals surface area contributed by atoms with E-state index >= 15 is 0 Å². The van der Waals surface area contributed by atoms with Crippen LogP contribution in [0, 0.1) is 17.4 Å². The zero-order valence-corrected chi connectivity index (χ0v) is 18.5. The SMILES string of the molecule is Cc1nc(NC(C)c2cccc(C(F)(F)F)c2C)c2cc(I)c(Br)cc2n1. The molecule has 0 aliphatic rings. The fraction of sp³-hybridized carbons (Fsp3) is 0.263. The van der Waals surface area contributed by atoms with Crippen LogP contribution in [0.4, 0.5) is 19.0 Å². The summed E-state index contributed by atoms with van der Waals surface area (Å²) in [5.74, 6) is 1.19. The van der Waals surface area contributed by atoms with Crippen molar-refractivity contribution in [2.24, 2.45) is 0 Å². The van der Waals surface area contributed by atoms with Crippen LogP contribution in [0.5, 0.6) is 0 Å². The van der Waals surface area contributed by atoms with Gasteiger partial charge in [-0.05, 0) is 88.6 Å². The Labute approximate surface area is 177 Å². The summed E-state index contributed by atoms with van der Waals surface area (Å²) in [6.07, 6.45) is -4.37. The van der Waals surface area contributed by atoms with E-state index in [1.165, 1.54) is 13.0 Å². The molecule has 1 N–H and O–H groups in total. The summed E-state index contributed by atoms with van der Waals surface area (Å²) in [6.45, 7) is 5.12. The van der Waals surface area contributed by atoms with E-state index in [9.17, 15) is 13.2 Å². The lowest BCUT2D eigenvalue weighted by Crippen LogP contribution is -2.14. The standard InChI is InChI=1S/C19H16BrF3IN3/c1-9-12(5-4-6-14(9)19(21,22)23)10(2)25-18-13-7-16(24)15(20)8-17(13)26-11(3)27-18/h4-8,10H,1-3H3,(H,25,26,27). The topological polar surface area (TPSA) is 37.8 Å². The first-order valence-corrected chi connectivity index (χ1v) is 10.0. The molecule has 8 heteroatoms. The van der Waals surface area contributed by atoms with E-state index in [1.54, 1.807) is 13.0 Å². The summed E-state index contributed by atoms with van der Waals surface area (Å²) in [6, 6.07) is 7.76. The molecule has 0 radical (unpaired) electrons. The minimum absolute atomic E-state index is 0.220. The van der Waals surface area contributed by atoms with E-state index < -0.39 is 11.7 Å². The summed E-state index contributed by atoms with van der Waals surface area (Å²) < 4.78 is 41.6. The maximum atomic E-state index is 13.2. The van der Waals surface area contributed by atoms with Gasteiger partial charge in [0, 0.05) is 13.4 Å². The lowest BCUT2D eigenvalue weighted by Gasteiger charge is -2.21. The third-order valence-electron chi connectivity index (χ3n) is 4.35. The number of hydrogen-bond donors (Lipinski definition) is 1. The average Bonchev–Trinajstić information content (AvgIpc) is 2.55. The van der Waals surface area contributed by atoms with Crippen molar-refractivity contribution in [3.63, 3.8) is 0 Å². The highest BCUT2D eigenvalue weighted by molar-refractivity contribution is 14.1. The van der Waals surface area contributed by atoms with Gasteiger partial charge in [0.15, 0.2) is 0 Å². The van der Waals surface area contributed by atoms with Crippen molar-refractivity contribution in [2.75, 3.05) is 5.32 Å². The molecular formula is C19H16BrF3IN3. The van der Waals surface area contributed by atoms with Gasteiger partial charge < -0.3 is 5.32 Å². The maximum Gasteiger partial charge on any atom is 0.416 e. The molecule has 0 saturated carbocycles. The number of halogens is 5. The van der Waals surface area contributed by atoms with Gasteiger partial charge in [-0.3, -0.25) is 0 Å². The number of fused-ring (bicyclic) bond motifs is 1. The second-order valence-corrected chi connectivity index (χ2v) is 8.30. The Morgan fingerprint density at radius 2 is 1.85 bits per heavy atom. The molecule has 1 aromatic heterocycles. The smallest absolute Gasteiger partial charge is 0.363 e. The second kappa shape index (κ2) is 7.54. The van der Waals surface area contributed by atoms with Gasteiger partial charge in [0.1, 0.15) is 11.6 Å². The molecule has 0 bridgehead atoms. The number of hydrogen-bond acceptors (Lipinski definition) is 3. The van der Waals surface area contributed by atoms with Gasteiger partial charge in [0.25, 0.3) is 0 Å². The predicted molar refractivity (Wildman–Crippen MR) is 113 cm³/mol. The predicted octanol–water partition coefficient (Wildman–Crippen LogP) is 6.81. The first-order valence-electron chi connectivity index (χ1n) is 8.14. The number of rotatable bonds is 3. The number of aromatic nitrogens is 2. The van der Waals surface area contributed by atoms with Crippen molar-refractivity contribution >= 4 is 55.2 Å². The molecule has 0 saturated heterocycles. The van der Waals surface area contributed by atoms with Crippen LogP contribution in [-0.4, -0.2) is 9.97 Å². The van der Waals surface area contributed by atoms with E-state index in [1.807, 2.05) is 19.1 Å². The van der Waals surface area contributed by atoms with Crippen LogP contribution in [0.15, 0.2) is 34.8 Å². The summed E-state index contributed by atoms with van der Waals surface area (Å²) >= 11 is 5.70. The highest BCUT2D eigenvalue weighted by Crippen LogP contribution is 2.36. The lowest BCUT2D eigenvalue weighted by atomic mass is 9.97. The Morgan fingerprint density at radius 3 is 2.52 bits per heavy atom. The molecule has 27 heavy (non-hydrogen) atoms. The number of benzene rings is 2. The average molecular weight is 550 g/mol. The molecule has 0 amide bonds. The molecule has 0 aliphatic carbocycles. The minimum atomic E-state index is -4.37. The van der Waals surface area contributed by atoms with Crippen LogP contribution in [0.25, 0.3) is 10.9 Å². The second-order valence-electron chi connectivity index (χ2n) is 6.29. The summed E-state index contributed by atoms with van der Waals surface area (Å²) in [5.41, 5.74) is 0.958. The van der Waals surface area contributed by atoms with Crippen LogP contribution < -0.4 is 5.32 Å². The van der Waals surface area contributed by atoms with E-state index in [0.717, 1.165) is 25.0 Å². The van der Waals surface area contributed by atoms with Gasteiger partial charge in [-0.2, -0.15) is 13.2 Å². The summed E-state index contributed by atoms with van der Waals surface area (Å²) in [5, 5.41) is 4.09. The van der Waals surface area contributed by atoms with Crippen LogP contribution >= 0.6 is 38.5 Å². The monoisotopic (exact) mass is 549 g/mol. The molecule has 0 spiro atoms. The van der Waals surface area contributed by atoms with Crippen molar-refractivity contribution in [1.82, 2.24) is 9.97 Å². The van der Waals surface area contributed by atoms with Gasteiger partial charge in [-0.15, -0.1) is 0 Å². The number of aryl methyl sites for hydroxylation is 1. The molecule has 3 rings (SSSR count). The highest BCUT2D eigenvalue weighted by atomic mass is 127. The third-order valence-corrected chi connectivity index (χ3v) is 6.64. The minimum Gasteiger partial charge on any atom is -0.363 e. The largest absolute Gasteiger partial charge is 0.416 e. The van der Waals surface area contributed by atoms with Crippen LogP contribution in [0.1, 0.15) is 35.5 Å². The first-order chi connectivity index (χ1) is 12.6. The van der Waals surface area contributed by atoms with Gasteiger partial charge in [0.05, 0.1) is 17.1 Å². The van der Waals surface area contributed by atoms with Gasteiger partial charge in [0.2, 0.25) is 0 Å². The molecule has 2 aromatic carbocycles. The van der Waals surface area contributed by atoms with E-state index in [4.69, 9.17) is 0 Å². The molecule has 1 heterocycles. The fourth-order valence-corrected chi connectivity index (χ4v) is 3.86. The zero-order valence-electron chi connectivity index (χ0n) is 14.7. The Hall–Kier alpha value is -1.42. The zero-order chi connectivity index (χ0) is 19.9. The number of anilines is 1. The third kappa shape index (κ3) is 4.21. The Morgan fingerprint density at radius 1 is 1.15 bits per heavy atom. The van der Waals surface area contributed by atoms with E-state index in [0.29, 0.717) is 17.2 Å². The Bertz CT molecular complexity index is 1020. The molecule has 3 nitrogen and oxygen atoms in total. The first kappa shape index (κ1) is 20.3. The molecule has 142 valence electrons. The van der Waals surface area contributed by atoms with Crippen molar-refractivity contribution in [1.29, 1.82) is 0 Å². The quantitative estimate of drug-likeness (QED) is 0.365. The normalized spacial score (nSPS) is 13.0. The maximum absolute atomic E-state index is 13.2. The van der Waals surface area contributed by atoms with Crippen LogP contribution in [0.2, 0.25) is 0 Å². The highest BCUT2D eigenvalue weighted by Gasteiger charge is 2.33. The Kier molecular flexibility index (Phi) is 5.67. The molecule has 0 aliphatic heterocycles. The van der Waals surface area contributed by atoms with Gasteiger partial charge in [-0.25, -0.2) is 9.97 Å². The molecule has 0 fully saturated rings. The van der Waals surface area contributed by atoms with Crippen LogP contribution in [-0.2, 0) is 6.18 Å². The molecule has 1 unspecified atom stereocenters. The van der Waals surface area contributed by atoms with E-state index in [2.05, 4.69) is 53.8 Å². The molecule has 1 atom stereocenters. The molecular weight excluding hydrogens is 534 g/mol. The summed E-state index contributed by atoms with van der Waals surface area (Å²) in [7, 11) is 0. The Balaban J connectivity index is 2.05. The van der Waals surface area contributed by atoms with Gasteiger partial charge in [-0.1, -0.05) is 12.1 Å². The summed E-state index contributed by atoms with van der Waals surface area (Å²) in [4.78, 5) is 8.92. The van der Waals surface area contributed by atoms with Crippen LogP contribution in [0.3, 0.4) is 0 Å². The number of nitrogens with one attached hydrogen (secondary N) is 1. The molecule has 3 aromatic rings.